The summed E-state index contributed by atoms with van der Waals surface area (Å²) in [7, 11) is 0. The Labute approximate surface area is 107 Å². The van der Waals surface area contributed by atoms with Gasteiger partial charge in [-0.3, -0.25) is 4.79 Å². The van der Waals surface area contributed by atoms with Gasteiger partial charge in [0.2, 0.25) is 5.91 Å². The maximum absolute atomic E-state index is 11.7. The Bertz CT molecular complexity index is 427. The summed E-state index contributed by atoms with van der Waals surface area (Å²) >= 11 is 2.92. The monoisotopic (exact) mass is 272 g/mol. The largest absolute Gasteiger partial charge is 0.476 e. The van der Waals surface area contributed by atoms with Gasteiger partial charge >= 0.3 is 5.97 Å². The van der Waals surface area contributed by atoms with E-state index in [9.17, 15) is 9.59 Å². The predicted molar refractivity (Wildman–Crippen MR) is 66.4 cm³/mol. The van der Waals surface area contributed by atoms with Gasteiger partial charge in [-0.15, -0.1) is 23.1 Å². The summed E-state index contributed by atoms with van der Waals surface area (Å²) in [6, 6.07) is 0. The standard InChI is InChI=1S/C10H12N2O3S2/c13-9(7-2-1-3-16-7)11-4-8-12-6(5-17-8)10(14)15/h5,7H,1-4H2,(H,11,13)(H,14,15). The number of hydrogen-bond donors (Lipinski definition) is 2. The number of carboxylic acids is 1. The highest BCUT2D eigenvalue weighted by Gasteiger charge is 2.23. The molecule has 2 heterocycles. The lowest BCUT2D eigenvalue weighted by atomic mass is 10.2. The normalized spacial score (nSPS) is 19.2. The first-order chi connectivity index (χ1) is 8.16. The fourth-order valence-corrected chi connectivity index (χ4v) is 3.44. The zero-order chi connectivity index (χ0) is 12.3. The summed E-state index contributed by atoms with van der Waals surface area (Å²) in [5.74, 6) is 0.0307. The lowest BCUT2D eigenvalue weighted by molar-refractivity contribution is -0.120. The Balaban J connectivity index is 1.84. The molecule has 1 aromatic heterocycles. The Morgan fingerprint density at radius 2 is 2.41 bits per heavy atom. The lowest BCUT2D eigenvalue weighted by Gasteiger charge is -2.07. The van der Waals surface area contributed by atoms with Crippen LogP contribution in [0.4, 0.5) is 0 Å². The number of rotatable bonds is 4. The minimum Gasteiger partial charge on any atom is -0.476 e. The first-order valence-electron chi connectivity index (χ1n) is 5.24. The molecule has 17 heavy (non-hydrogen) atoms. The number of thioether (sulfide) groups is 1. The lowest BCUT2D eigenvalue weighted by Crippen LogP contribution is -2.30. The van der Waals surface area contributed by atoms with Crippen LogP contribution in [0.25, 0.3) is 0 Å². The van der Waals surface area contributed by atoms with Crippen molar-refractivity contribution >= 4 is 35.0 Å². The third-order valence-corrected chi connectivity index (χ3v) is 4.63. The molecular weight excluding hydrogens is 260 g/mol. The molecule has 1 aromatic rings. The second kappa shape index (κ2) is 5.50. The number of nitrogens with zero attached hydrogens (tertiary/aromatic N) is 1. The van der Waals surface area contributed by atoms with Crippen LogP contribution in [0.15, 0.2) is 5.38 Å². The number of nitrogens with one attached hydrogen (secondary N) is 1. The molecular formula is C10H12N2O3S2. The van der Waals surface area contributed by atoms with E-state index in [2.05, 4.69) is 10.3 Å². The van der Waals surface area contributed by atoms with Crippen molar-refractivity contribution in [3.8, 4) is 0 Å². The molecule has 0 spiro atoms. The molecule has 5 nitrogen and oxygen atoms in total. The van der Waals surface area contributed by atoms with Crippen molar-refractivity contribution in [1.82, 2.24) is 10.3 Å². The summed E-state index contributed by atoms with van der Waals surface area (Å²) in [5, 5.41) is 13.6. The third-order valence-electron chi connectivity index (χ3n) is 2.41. The van der Waals surface area contributed by atoms with Gasteiger partial charge in [0.1, 0.15) is 5.01 Å². The Morgan fingerprint density at radius 1 is 1.59 bits per heavy atom. The van der Waals surface area contributed by atoms with Gasteiger partial charge in [-0.1, -0.05) is 0 Å². The summed E-state index contributed by atoms with van der Waals surface area (Å²) in [4.78, 5) is 26.2. The zero-order valence-electron chi connectivity index (χ0n) is 9.01. The molecule has 0 aliphatic carbocycles. The molecule has 1 amide bonds. The van der Waals surface area contributed by atoms with E-state index in [-0.39, 0.29) is 16.9 Å². The van der Waals surface area contributed by atoms with E-state index >= 15 is 0 Å². The van der Waals surface area contributed by atoms with Gasteiger partial charge in [0.25, 0.3) is 0 Å². The van der Waals surface area contributed by atoms with E-state index in [1.807, 2.05) is 0 Å². The second-order valence-corrected chi connectivity index (χ2v) is 5.90. The van der Waals surface area contributed by atoms with E-state index in [0.717, 1.165) is 18.6 Å². The summed E-state index contributed by atoms with van der Waals surface area (Å²) in [6.45, 7) is 0.313. The van der Waals surface area contributed by atoms with Crippen LogP contribution in [0.1, 0.15) is 28.3 Å². The Hall–Kier alpha value is -1.08. The van der Waals surface area contributed by atoms with Crippen molar-refractivity contribution < 1.29 is 14.7 Å². The third kappa shape index (κ3) is 3.19. The van der Waals surface area contributed by atoms with Crippen molar-refractivity contribution in [3.63, 3.8) is 0 Å². The van der Waals surface area contributed by atoms with E-state index in [0.29, 0.717) is 11.6 Å². The van der Waals surface area contributed by atoms with Crippen LogP contribution in [0, 0.1) is 0 Å². The molecule has 1 aliphatic heterocycles. The Morgan fingerprint density at radius 3 is 3.00 bits per heavy atom. The average Bonchev–Trinajstić information content (AvgIpc) is 2.97. The number of carboxylic acid groups (broad SMARTS) is 1. The summed E-state index contributed by atoms with van der Waals surface area (Å²) in [5.41, 5.74) is 0.0366. The van der Waals surface area contributed by atoms with Gasteiger partial charge in [-0.25, -0.2) is 9.78 Å². The maximum Gasteiger partial charge on any atom is 0.355 e. The summed E-state index contributed by atoms with van der Waals surface area (Å²) in [6.07, 6.45) is 2.01. The van der Waals surface area contributed by atoms with E-state index < -0.39 is 5.97 Å². The van der Waals surface area contributed by atoms with Gasteiger partial charge in [0.05, 0.1) is 11.8 Å². The smallest absolute Gasteiger partial charge is 0.355 e. The molecule has 0 bridgehead atoms. The number of thiazole rings is 1. The molecule has 1 atom stereocenters. The molecule has 2 N–H and O–H groups in total. The highest BCUT2D eigenvalue weighted by Crippen LogP contribution is 2.26. The number of aromatic nitrogens is 1. The molecule has 7 heteroatoms. The molecule has 1 unspecified atom stereocenters. The van der Waals surface area contributed by atoms with Crippen LogP contribution in [0.3, 0.4) is 0 Å². The van der Waals surface area contributed by atoms with Gasteiger partial charge < -0.3 is 10.4 Å². The first-order valence-corrected chi connectivity index (χ1v) is 7.16. The quantitative estimate of drug-likeness (QED) is 0.865. The second-order valence-electron chi connectivity index (χ2n) is 3.65. The van der Waals surface area contributed by atoms with Crippen LogP contribution in [0.5, 0.6) is 0 Å². The van der Waals surface area contributed by atoms with E-state index in [4.69, 9.17) is 5.11 Å². The highest BCUT2D eigenvalue weighted by atomic mass is 32.2. The highest BCUT2D eigenvalue weighted by molar-refractivity contribution is 8.00. The molecule has 0 saturated carbocycles. The van der Waals surface area contributed by atoms with E-state index in [1.165, 1.54) is 16.7 Å². The fraction of sp³-hybridized carbons (Fsp3) is 0.500. The minimum atomic E-state index is -1.04. The van der Waals surface area contributed by atoms with Crippen molar-refractivity contribution in [2.75, 3.05) is 5.75 Å². The molecule has 1 fully saturated rings. The fourth-order valence-electron chi connectivity index (χ4n) is 1.55. The van der Waals surface area contributed by atoms with Crippen molar-refractivity contribution in [3.05, 3.63) is 16.1 Å². The maximum atomic E-state index is 11.7. The number of carbonyl (C=O) groups excluding carboxylic acids is 1. The molecule has 92 valence electrons. The molecule has 2 rings (SSSR count). The number of hydrogen-bond acceptors (Lipinski definition) is 5. The minimum absolute atomic E-state index is 0.0274. The van der Waals surface area contributed by atoms with Crippen molar-refractivity contribution in [1.29, 1.82) is 0 Å². The number of amides is 1. The SMILES string of the molecule is O=C(O)c1csc(CNC(=O)C2CCCS2)n1. The average molecular weight is 272 g/mol. The van der Waals surface area contributed by atoms with Crippen molar-refractivity contribution in [2.45, 2.75) is 24.6 Å². The van der Waals surface area contributed by atoms with Crippen LogP contribution in [-0.4, -0.2) is 33.0 Å². The molecule has 1 aliphatic rings. The topological polar surface area (TPSA) is 79.3 Å². The Kier molecular flexibility index (Phi) is 4.01. The van der Waals surface area contributed by atoms with Crippen LogP contribution >= 0.6 is 23.1 Å². The molecule has 1 saturated heterocycles. The van der Waals surface area contributed by atoms with Crippen LogP contribution in [0.2, 0.25) is 0 Å². The number of carbonyl (C=O) groups is 2. The molecule has 0 aromatic carbocycles. The first kappa shape index (κ1) is 12.4. The van der Waals surface area contributed by atoms with Gasteiger partial charge in [0, 0.05) is 5.38 Å². The number of aromatic carboxylic acids is 1. The van der Waals surface area contributed by atoms with Gasteiger partial charge in [0.15, 0.2) is 5.69 Å². The van der Waals surface area contributed by atoms with Gasteiger partial charge in [-0.05, 0) is 18.6 Å². The van der Waals surface area contributed by atoms with Gasteiger partial charge in [-0.2, -0.15) is 0 Å². The van der Waals surface area contributed by atoms with Crippen LogP contribution in [-0.2, 0) is 11.3 Å². The van der Waals surface area contributed by atoms with Crippen molar-refractivity contribution in [2.24, 2.45) is 0 Å². The van der Waals surface area contributed by atoms with E-state index in [1.54, 1.807) is 11.8 Å². The summed E-state index contributed by atoms with van der Waals surface area (Å²) < 4.78 is 0. The molecule has 0 radical (unpaired) electrons. The van der Waals surface area contributed by atoms with Crippen LogP contribution < -0.4 is 5.32 Å². The zero-order valence-corrected chi connectivity index (χ0v) is 10.6. The predicted octanol–water partition coefficient (Wildman–Crippen LogP) is 1.35.